The smallest absolute Gasteiger partial charge is 0.0716 e. The van der Waals surface area contributed by atoms with Crippen molar-refractivity contribution in [3.8, 4) is 0 Å². The molecule has 0 amide bonds. The summed E-state index contributed by atoms with van der Waals surface area (Å²) < 4.78 is 5.66. The number of aliphatic hydroxyl groups excluding tert-OH is 1. The zero-order valence-corrected chi connectivity index (χ0v) is 10.2. The van der Waals surface area contributed by atoms with Gasteiger partial charge in [0.25, 0.3) is 0 Å². The first kappa shape index (κ1) is 12.6. The van der Waals surface area contributed by atoms with Gasteiger partial charge in [0.05, 0.1) is 13.2 Å². The molecule has 1 saturated heterocycles. The summed E-state index contributed by atoms with van der Waals surface area (Å²) >= 11 is 0. The van der Waals surface area contributed by atoms with Gasteiger partial charge >= 0.3 is 0 Å². The molecule has 1 aliphatic rings. The second-order valence-electron chi connectivity index (χ2n) is 4.76. The van der Waals surface area contributed by atoms with Crippen LogP contribution in [0.2, 0.25) is 0 Å². The highest BCUT2D eigenvalue weighted by molar-refractivity contribution is 5.13. The van der Waals surface area contributed by atoms with Crippen molar-refractivity contribution in [2.75, 3.05) is 19.8 Å². The number of benzene rings is 1. The number of nitrogens with one attached hydrogen (secondary N) is 1. The summed E-state index contributed by atoms with van der Waals surface area (Å²) in [6.45, 7) is 2.58. The molecule has 1 fully saturated rings. The zero-order chi connectivity index (χ0) is 12.0. The van der Waals surface area contributed by atoms with E-state index in [0.29, 0.717) is 13.2 Å². The lowest BCUT2D eigenvalue weighted by Crippen LogP contribution is -2.44. The summed E-state index contributed by atoms with van der Waals surface area (Å²) in [6, 6.07) is 10.2. The van der Waals surface area contributed by atoms with Gasteiger partial charge in [-0.05, 0) is 31.4 Å². The maximum atomic E-state index is 9.41. The minimum atomic E-state index is -0.0866. The van der Waals surface area contributed by atoms with Gasteiger partial charge in [-0.25, -0.2) is 0 Å². The third kappa shape index (κ3) is 3.53. The van der Waals surface area contributed by atoms with Gasteiger partial charge in [0.1, 0.15) is 0 Å². The molecule has 94 valence electrons. The highest BCUT2D eigenvalue weighted by atomic mass is 16.5. The zero-order valence-electron chi connectivity index (χ0n) is 10.2. The molecular weight excluding hydrogens is 214 g/mol. The molecule has 2 N–H and O–H groups in total. The van der Waals surface area contributed by atoms with E-state index >= 15 is 0 Å². The van der Waals surface area contributed by atoms with Crippen molar-refractivity contribution in [2.24, 2.45) is 0 Å². The van der Waals surface area contributed by atoms with E-state index in [1.165, 1.54) is 5.56 Å². The number of aliphatic hydroxyl groups is 1. The number of hydrogen-bond donors (Lipinski definition) is 2. The number of ether oxygens (including phenoxy) is 1. The summed E-state index contributed by atoms with van der Waals surface area (Å²) in [5.41, 5.74) is 1.11. The minimum Gasteiger partial charge on any atom is -0.394 e. The van der Waals surface area contributed by atoms with Crippen LogP contribution in [0.3, 0.4) is 0 Å². The molecule has 3 nitrogen and oxygen atoms in total. The van der Waals surface area contributed by atoms with E-state index in [2.05, 4.69) is 17.4 Å². The Balaban J connectivity index is 1.69. The molecule has 1 aromatic rings. The van der Waals surface area contributed by atoms with Crippen LogP contribution in [0.25, 0.3) is 0 Å². The summed E-state index contributed by atoms with van der Waals surface area (Å²) in [5, 5.41) is 12.8. The van der Waals surface area contributed by atoms with E-state index in [4.69, 9.17) is 4.74 Å². The summed E-state index contributed by atoms with van der Waals surface area (Å²) in [4.78, 5) is 0. The van der Waals surface area contributed by atoms with E-state index in [0.717, 1.165) is 25.8 Å². The monoisotopic (exact) mass is 235 g/mol. The molecule has 0 saturated carbocycles. The normalized spacial score (nSPS) is 24.1. The first-order valence-corrected chi connectivity index (χ1v) is 6.32. The van der Waals surface area contributed by atoms with Crippen molar-refractivity contribution >= 4 is 0 Å². The molecule has 17 heavy (non-hydrogen) atoms. The fraction of sp³-hybridized carbons (Fsp3) is 0.571. The molecule has 1 unspecified atom stereocenters. The highest BCUT2D eigenvalue weighted by Crippen LogP contribution is 2.22. The molecule has 1 aromatic carbocycles. The summed E-state index contributed by atoms with van der Waals surface area (Å²) in [7, 11) is 0. The second kappa shape index (κ2) is 6.15. The average Bonchev–Trinajstić information content (AvgIpc) is 2.85. The van der Waals surface area contributed by atoms with Crippen LogP contribution in [0.5, 0.6) is 0 Å². The van der Waals surface area contributed by atoms with E-state index in [1.807, 2.05) is 18.2 Å². The predicted molar refractivity (Wildman–Crippen MR) is 67.8 cm³/mol. The molecule has 0 radical (unpaired) electrons. The minimum absolute atomic E-state index is 0.0866. The Labute approximate surface area is 103 Å². The van der Waals surface area contributed by atoms with Crippen molar-refractivity contribution in [1.82, 2.24) is 5.32 Å². The fourth-order valence-electron chi connectivity index (χ4n) is 2.33. The summed E-state index contributed by atoms with van der Waals surface area (Å²) in [6.07, 6.45) is 3.09. The number of rotatable bonds is 6. The van der Waals surface area contributed by atoms with Gasteiger partial charge in [-0.1, -0.05) is 30.3 Å². The van der Waals surface area contributed by atoms with Crippen molar-refractivity contribution in [2.45, 2.75) is 31.4 Å². The van der Waals surface area contributed by atoms with E-state index in [9.17, 15) is 5.11 Å². The van der Waals surface area contributed by atoms with Crippen molar-refractivity contribution < 1.29 is 9.84 Å². The van der Waals surface area contributed by atoms with Crippen LogP contribution in [0.15, 0.2) is 30.3 Å². The van der Waals surface area contributed by atoms with E-state index in [-0.39, 0.29) is 12.1 Å². The quantitative estimate of drug-likeness (QED) is 0.738. The topological polar surface area (TPSA) is 41.5 Å². The van der Waals surface area contributed by atoms with E-state index < -0.39 is 0 Å². The van der Waals surface area contributed by atoms with Gasteiger partial charge in [0.15, 0.2) is 0 Å². The Kier molecular flexibility index (Phi) is 4.54. The molecule has 0 aromatic heterocycles. The van der Waals surface area contributed by atoms with Gasteiger partial charge < -0.3 is 15.2 Å². The Bertz CT molecular complexity index is 320. The van der Waals surface area contributed by atoms with Gasteiger partial charge in [-0.3, -0.25) is 0 Å². The highest BCUT2D eigenvalue weighted by Gasteiger charge is 2.31. The Morgan fingerprint density at radius 2 is 2.12 bits per heavy atom. The molecular formula is C14H21NO2. The Hall–Kier alpha value is -0.900. The van der Waals surface area contributed by atoms with Crippen LogP contribution in [0.4, 0.5) is 0 Å². The number of hydrogen-bond acceptors (Lipinski definition) is 3. The maximum absolute atomic E-state index is 9.41. The largest absolute Gasteiger partial charge is 0.394 e. The molecule has 1 atom stereocenters. The van der Waals surface area contributed by atoms with Crippen LogP contribution in [0, 0.1) is 0 Å². The average molecular weight is 235 g/mol. The van der Waals surface area contributed by atoms with Crippen molar-refractivity contribution in [1.29, 1.82) is 0 Å². The lowest BCUT2D eigenvalue weighted by molar-refractivity contribution is 0.0787. The maximum Gasteiger partial charge on any atom is 0.0716 e. The Morgan fingerprint density at radius 1 is 1.29 bits per heavy atom. The van der Waals surface area contributed by atoms with Gasteiger partial charge in [0, 0.05) is 12.1 Å². The fourth-order valence-corrected chi connectivity index (χ4v) is 2.33. The molecule has 0 spiro atoms. The lowest BCUT2D eigenvalue weighted by Gasteiger charge is -2.26. The van der Waals surface area contributed by atoms with Gasteiger partial charge in [-0.15, -0.1) is 0 Å². The standard InChI is InChI=1S/C14H21NO2/c16-12-14(7-4-9-15-14)8-10-17-11-13-5-2-1-3-6-13/h1-3,5-6,15-16H,4,7-12H2. The molecule has 1 aliphatic heterocycles. The predicted octanol–water partition coefficient (Wildman–Crippen LogP) is 1.71. The van der Waals surface area contributed by atoms with Crippen LogP contribution < -0.4 is 5.32 Å². The first-order valence-electron chi connectivity index (χ1n) is 6.32. The second-order valence-corrected chi connectivity index (χ2v) is 4.76. The van der Waals surface area contributed by atoms with Crippen LogP contribution >= 0.6 is 0 Å². The van der Waals surface area contributed by atoms with Crippen molar-refractivity contribution in [3.63, 3.8) is 0 Å². The van der Waals surface area contributed by atoms with Crippen LogP contribution in [-0.2, 0) is 11.3 Å². The molecule has 2 rings (SSSR count). The first-order chi connectivity index (χ1) is 8.35. The third-order valence-electron chi connectivity index (χ3n) is 3.47. The van der Waals surface area contributed by atoms with Gasteiger partial charge in [0.2, 0.25) is 0 Å². The summed E-state index contributed by atoms with van der Waals surface area (Å²) in [5.74, 6) is 0. The molecule has 0 aliphatic carbocycles. The van der Waals surface area contributed by atoms with E-state index in [1.54, 1.807) is 0 Å². The third-order valence-corrected chi connectivity index (χ3v) is 3.47. The molecule has 1 heterocycles. The van der Waals surface area contributed by atoms with Crippen molar-refractivity contribution in [3.05, 3.63) is 35.9 Å². The lowest BCUT2D eigenvalue weighted by atomic mass is 9.95. The molecule has 0 bridgehead atoms. The Morgan fingerprint density at radius 3 is 2.76 bits per heavy atom. The molecule has 3 heteroatoms. The van der Waals surface area contributed by atoms with Gasteiger partial charge in [-0.2, -0.15) is 0 Å². The SMILES string of the molecule is OCC1(CCOCc2ccccc2)CCCN1. The van der Waals surface area contributed by atoms with Crippen LogP contribution in [0.1, 0.15) is 24.8 Å². The van der Waals surface area contributed by atoms with Crippen LogP contribution in [-0.4, -0.2) is 30.4 Å².